The van der Waals surface area contributed by atoms with Crippen molar-refractivity contribution in [3.8, 4) is 5.75 Å². The molecular weight excluding hydrogens is 396 g/mol. The SMILES string of the molecule is CCc1cc2c(COC(=O)CCC(=O)c3ccc(Cl)cc3)cc(=O)oc2cc1O. The third kappa shape index (κ3) is 5.03. The number of benzene rings is 2. The summed E-state index contributed by atoms with van der Waals surface area (Å²) in [6.45, 7) is 1.75. The quantitative estimate of drug-likeness (QED) is 0.349. The Morgan fingerprint density at radius 1 is 1.07 bits per heavy atom. The zero-order chi connectivity index (χ0) is 21.0. The van der Waals surface area contributed by atoms with Crippen LogP contribution in [0.25, 0.3) is 11.0 Å². The van der Waals surface area contributed by atoms with Gasteiger partial charge in [-0.3, -0.25) is 9.59 Å². The van der Waals surface area contributed by atoms with Crippen LogP contribution in [0.15, 0.2) is 51.7 Å². The minimum absolute atomic E-state index is 0.00595. The Hall–Kier alpha value is -3.12. The lowest BCUT2D eigenvalue weighted by molar-refractivity contribution is -0.144. The van der Waals surface area contributed by atoms with Crippen molar-refractivity contribution in [3.63, 3.8) is 0 Å². The lowest BCUT2D eigenvalue weighted by Crippen LogP contribution is -2.10. The number of aromatic hydroxyl groups is 1. The summed E-state index contributed by atoms with van der Waals surface area (Å²) in [6.07, 6.45) is 0.515. The van der Waals surface area contributed by atoms with Gasteiger partial charge in [-0.2, -0.15) is 0 Å². The number of aryl methyl sites for hydroxylation is 1. The molecule has 0 aliphatic rings. The number of esters is 1. The minimum atomic E-state index is -0.606. The molecule has 2 aromatic carbocycles. The van der Waals surface area contributed by atoms with Crippen molar-refractivity contribution in [2.75, 3.05) is 0 Å². The molecule has 0 aliphatic heterocycles. The molecule has 1 aromatic heterocycles. The molecule has 3 aromatic rings. The highest BCUT2D eigenvalue weighted by Gasteiger charge is 2.14. The second kappa shape index (κ2) is 8.92. The Kier molecular flexibility index (Phi) is 6.34. The summed E-state index contributed by atoms with van der Waals surface area (Å²) in [5.74, 6) is -0.700. The molecule has 1 N–H and O–H groups in total. The first-order valence-corrected chi connectivity index (χ1v) is 9.48. The zero-order valence-electron chi connectivity index (χ0n) is 15.7. The number of carbonyl (C=O) groups is 2. The molecule has 0 saturated carbocycles. The third-order valence-electron chi connectivity index (χ3n) is 4.52. The maximum Gasteiger partial charge on any atom is 0.336 e. The first kappa shape index (κ1) is 20.6. The second-order valence-corrected chi connectivity index (χ2v) is 6.95. The summed E-state index contributed by atoms with van der Waals surface area (Å²) in [4.78, 5) is 36.0. The van der Waals surface area contributed by atoms with Crippen molar-refractivity contribution in [1.29, 1.82) is 0 Å². The van der Waals surface area contributed by atoms with Crippen LogP contribution in [0.4, 0.5) is 0 Å². The van der Waals surface area contributed by atoms with Gasteiger partial charge >= 0.3 is 11.6 Å². The first-order chi connectivity index (χ1) is 13.9. The van der Waals surface area contributed by atoms with Crippen LogP contribution in [-0.4, -0.2) is 16.9 Å². The van der Waals surface area contributed by atoms with E-state index < -0.39 is 11.6 Å². The van der Waals surface area contributed by atoms with E-state index in [1.54, 1.807) is 30.3 Å². The highest BCUT2D eigenvalue weighted by atomic mass is 35.5. The second-order valence-electron chi connectivity index (χ2n) is 6.51. The molecule has 0 fully saturated rings. The number of phenols is 1. The van der Waals surface area contributed by atoms with Crippen molar-refractivity contribution in [1.82, 2.24) is 0 Å². The van der Waals surface area contributed by atoms with Gasteiger partial charge in [0, 0.05) is 40.1 Å². The highest BCUT2D eigenvalue weighted by molar-refractivity contribution is 6.30. The predicted octanol–water partition coefficient (Wildman–Crippen LogP) is 4.42. The third-order valence-corrected chi connectivity index (χ3v) is 4.77. The Bertz CT molecular complexity index is 1110. The van der Waals surface area contributed by atoms with Gasteiger partial charge in [-0.1, -0.05) is 18.5 Å². The Balaban J connectivity index is 1.66. The molecule has 0 spiro atoms. The average molecular weight is 415 g/mol. The predicted molar refractivity (Wildman–Crippen MR) is 108 cm³/mol. The molecule has 29 heavy (non-hydrogen) atoms. The van der Waals surface area contributed by atoms with Gasteiger partial charge in [0.25, 0.3) is 0 Å². The van der Waals surface area contributed by atoms with Gasteiger partial charge in [-0.25, -0.2) is 4.79 Å². The summed E-state index contributed by atoms with van der Waals surface area (Å²) >= 11 is 5.80. The van der Waals surface area contributed by atoms with E-state index in [4.69, 9.17) is 20.8 Å². The largest absolute Gasteiger partial charge is 0.508 e. The van der Waals surface area contributed by atoms with Crippen LogP contribution in [-0.2, 0) is 22.6 Å². The highest BCUT2D eigenvalue weighted by Crippen LogP contribution is 2.27. The maximum absolute atomic E-state index is 12.1. The standard InChI is InChI=1S/C22H19ClO6/c1-2-13-9-17-15(10-22(27)29-20(17)11-19(13)25)12-28-21(26)8-7-18(24)14-3-5-16(23)6-4-14/h3-6,9-11,25H,2,7-8,12H2,1H3. The van der Waals surface area contributed by atoms with E-state index in [9.17, 15) is 19.5 Å². The molecule has 3 rings (SSSR count). The summed E-state index contributed by atoms with van der Waals surface area (Å²) in [7, 11) is 0. The topological polar surface area (TPSA) is 93.8 Å². The van der Waals surface area contributed by atoms with Gasteiger partial charge in [-0.05, 0) is 42.3 Å². The van der Waals surface area contributed by atoms with E-state index in [0.29, 0.717) is 33.5 Å². The lowest BCUT2D eigenvalue weighted by atomic mass is 10.0. The van der Waals surface area contributed by atoms with Crippen LogP contribution < -0.4 is 5.63 Å². The van der Waals surface area contributed by atoms with Crippen molar-refractivity contribution in [3.05, 3.63) is 74.6 Å². The molecule has 150 valence electrons. The van der Waals surface area contributed by atoms with Crippen molar-refractivity contribution in [2.24, 2.45) is 0 Å². The number of fused-ring (bicyclic) bond motifs is 1. The smallest absolute Gasteiger partial charge is 0.336 e. The monoisotopic (exact) mass is 414 g/mol. The van der Waals surface area contributed by atoms with Crippen LogP contribution in [0.1, 0.15) is 41.3 Å². The number of Topliss-reactive ketones (excluding diaryl/α,β-unsaturated/α-hetero) is 1. The fourth-order valence-electron chi connectivity index (χ4n) is 2.94. The van der Waals surface area contributed by atoms with E-state index in [1.807, 2.05) is 6.92 Å². The van der Waals surface area contributed by atoms with Crippen LogP contribution in [0.2, 0.25) is 5.02 Å². The molecule has 7 heteroatoms. The van der Waals surface area contributed by atoms with E-state index in [2.05, 4.69) is 0 Å². The van der Waals surface area contributed by atoms with E-state index in [1.165, 1.54) is 12.1 Å². The van der Waals surface area contributed by atoms with Gasteiger partial charge in [0.15, 0.2) is 5.78 Å². The summed E-state index contributed by atoms with van der Waals surface area (Å²) < 4.78 is 10.4. The molecule has 0 aliphatic carbocycles. The Morgan fingerprint density at radius 3 is 2.48 bits per heavy atom. The molecule has 0 unspecified atom stereocenters. The average Bonchev–Trinajstić information content (AvgIpc) is 2.70. The van der Waals surface area contributed by atoms with Crippen molar-refractivity contribution >= 4 is 34.3 Å². The first-order valence-electron chi connectivity index (χ1n) is 9.10. The number of rotatable bonds is 7. The number of halogens is 1. The Morgan fingerprint density at radius 2 is 1.79 bits per heavy atom. The number of hydrogen-bond donors (Lipinski definition) is 1. The molecule has 0 saturated heterocycles. The number of carbonyl (C=O) groups excluding carboxylic acids is 2. The summed E-state index contributed by atoms with van der Waals surface area (Å²) in [5, 5.41) is 11.1. The molecular formula is C22H19ClO6. The molecule has 6 nitrogen and oxygen atoms in total. The van der Waals surface area contributed by atoms with Crippen LogP contribution >= 0.6 is 11.6 Å². The van der Waals surface area contributed by atoms with Gasteiger partial charge in [0.1, 0.15) is 17.9 Å². The Labute approximate surface area is 171 Å². The fraction of sp³-hybridized carbons (Fsp3) is 0.227. The maximum atomic E-state index is 12.1. The summed E-state index contributed by atoms with van der Waals surface area (Å²) in [6, 6.07) is 10.8. The van der Waals surface area contributed by atoms with Gasteiger partial charge < -0.3 is 14.3 Å². The van der Waals surface area contributed by atoms with E-state index >= 15 is 0 Å². The van der Waals surface area contributed by atoms with Gasteiger partial charge in [0.05, 0.1) is 6.42 Å². The van der Waals surface area contributed by atoms with Crippen molar-refractivity contribution in [2.45, 2.75) is 32.8 Å². The van der Waals surface area contributed by atoms with Crippen LogP contribution in [0.5, 0.6) is 5.75 Å². The van der Waals surface area contributed by atoms with Gasteiger partial charge in [0.2, 0.25) is 0 Å². The minimum Gasteiger partial charge on any atom is -0.508 e. The normalized spacial score (nSPS) is 10.8. The van der Waals surface area contributed by atoms with E-state index in [-0.39, 0.29) is 36.6 Å². The van der Waals surface area contributed by atoms with Crippen LogP contribution in [0.3, 0.4) is 0 Å². The van der Waals surface area contributed by atoms with Crippen LogP contribution in [0, 0.1) is 0 Å². The number of ether oxygens (including phenoxy) is 1. The summed E-state index contributed by atoms with van der Waals surface area (Å²) in [5.41, 5.74) is 1.25. The van der Waals surface area contributed by atoms with Crippen molar-refractivity contribution < 1.29 is 23.8 Å². The molecule has 1 heterocycles. The number of phenolic OH excluding ortho intramolecular Hbond substituents is 1. The zero-order valence-corrected chi connectivity index (χ0v) is 16.5. The number of hydrogen-bond acceptors (Lipinski definition) is 6. The number of ketones is 1. The fourth-order valence-corrected chi connectivity index (χ4v) is 3.06. The molecule has 0 atom stereocenters. The molecule has 0 radical (unpaired) electrons. The molecule has 0 bridgehead atoms. The lowest BCUT2D eigenvalue weighted by Gasteiger charge is -2.09. The van der Waals surface area contributed by atoms with Gasteiger partial charge in [-0.15, -0.1) is 0 Å². The molecule has 0 amide bonds. The van der Waals surface area contributed by atoms with E-state index in [0.717, 1.165) is 0 Å².